The minimum absolute atomic E-state index is 0.0789. The van der Waals surface area contributed by atoms with Gasteiger partial charge in [0.15, 0.2) is 0 Å². The first-order valence-electron chi connectivity index (χ1n) is 8.47. The van der Waals surface area contributed by atoms with E-state index in [0.29, 0.717) is 18.8 Å². The number of hydrogen-bond donors (Lipinski definition) is 1. The number of carbonyl (C=O) groups excluding carboxylic acids is 1. The highest BCUT2D eigenvalue weighted by molar-refractivity contribution is 5.92. The van der Waals surface area contributed by atoms with Crippen molar-refractivity contribution in [1.82, 2.24) is 24.6 Å². The predicted octanol–water partition coefficient (Wildman–Crippen LogP) is 2.64. The van der Waals surface area contributed by atoms with Crippen LogP contribution in [0.3, 0.4) is 0 Å². The Balaban J connectivity index is 1.69. The molecule has 3 heterocycles. The van der Waals surface area contributed by atoms with Crippen LogP contribution in [0.25, 0.3) is 11.0 Å². The first-order valence-corrected chi connectivity index (χ1v) is 8.47. The molecule has 1 N–H and O–H groups in total. The summed E-state index contributed by atoms with van der Waals surface area (Å²) in [6.45, 7) is 6.36. The Kier molecular flexibility index (Phi) is 4.93. The van der Waals surface area contributed by atoms with E-state index in [-0.39, 0.29) is 5.91 Å². The number of nitrogens with one attached hydrogen (secondary N) is 1. The van der Waals surface area contributed by atoms with E-state index >= 15 is 0 Å². The van der Waals surface area contributed by atoms with Gasteiger partial charge in [-0.1, -0.05) is 6.92 Å². The van der Waals surface area contributed by atoms with Gasteiger partial charge in [-0.2, -0.15) is 5.10 Å². The van der Waals surface area contributed by atoms with Crippen molar-refractivity contribution >= 4 is 16.9 Å². The number of amides is 1. The Morgan fingerprint density at radius 3 is 2.92 bits per heavy atom. The van der Waals surface area contributed by atoms with Crippen LogP contribution in [0.4, 0.5) is 0 Å². The van der Waals surface area contributed by atoms with Gasteiger partial charge in [-0.15, -0.1) is 0 Å². The number of carbonyl (C=O) groups is 1. The monoisotopic (exact) mass is 325 g/mol. The Hall–Kier alpha value is -2.63. The summed E-state index contributed by atoms with van der Waals surface area (Å²) in [5.74, 6) is -0.0789. The minimum atomic E-state index is -0.0789. The second-order valence-electron chi connectivity index (χ2n) is 5.76. The van der Waals surface area contributed by atoms with Crippen LogP contribution < -0.4 is 5.32 Å². The molecule has 126 valence electrons. The number of aromatic nitrogens is 4. The lowest BCUT2D eigenvalue weighted by Crippen LogP contribution is -2.28. The number of hydrogen-bond acceptors (Lipinski definition) is 3. The molecule has 3 aromatic heterocycles. The molecule has 0 fully saturated rings. The van der Waals surface area contributed by atoms with Gasteiger partial charge >= 0.3 is 0 Å². The summed E-state index contributed by atoms with van der Waals surface area (Å²) in [5.41, 5.74) is 2.84. The molecule has 0 aliphatic heterocycles. The third kappa shape index (κ3) is 3.18. The highest BCUT2D eigenvalue weighted by Crippen LogP contribution is 2.20. The van der Waals surface area contributed by atoms with E-state index in [4.69, 9.17) is 0 Å². The second-order valence-corrected chi connectivity index (χ2v) is 5.76. The minimum Gasteiger partial charge on any atom is -0.350 e. The van der Waals surface area contributed by atoms with Crippen LogP contribution in [-0.2, 0) is 19.5 Å². The molecule has 3 aromatic rings. The summed E-state index contributed by atoms with van der Waals surface area (Å²) in [6, 6.07) is 5.80. The molecular formula is C18H23N5O. The quantitative estimate of drug-likeness (QED) is 0.726. The van der Waals surface area contributed by atoms with E-state index < -0.39 is 0 Å². The summed E-state index contributed by atoms with van der Waals surface area (Å²) in [4.78, 5) is 16.7. The largest absolute Gasteiger partial charge is 0.350 e. The van der Waals surface area contributed by atoms with E-state index in [9.17, 15) is 4.79 Å². The molecule has 0 saturated heterocycles. The molecule has 0 saturated carbocycles. The summed E-state index contributed by atoms with van der Waals surface area (Å²) in [6.07, 6.45) is 7.49. The van der Waals surface area contributed by atoms with Crippen molar-refractivity contribution in [3.8, 4) is 0 Å². The summed E-state index contributed by atoms with van der Waals surface area (Å²) < 4.78 is 3.89. The van der Waals surface area contributed by atoms with Crippen LogP contribution >= 0.6 is 0 Å². The second kappa shape index (κ2) is 7.29. The van der Waals surface area contributed by atoms with E-state index in [2.05, 4.69) is 39.2 Å². The van der Waals surface area contributed by atoms with Crippen LogP contribution in [-0.4, -0.2) is 31.8 Å². The maximum atomic E-state index is 12.3. The van der Waals surface area contributed by atoms with Gasteiger partial charge in [-0.3, -0.25) is 9.48 Å². The SMILES string of the molecule is CCCn1cc(CCNC(=O)c2ccnn2CC)c2cccnc21. The Morgan fingerprint density at radius 1 is 1.25 bits per heavy atom. The predicted molar refractivity (Wildman–Crippen MR) is 94.0 cm³/mol. The zero-order valence-corrected chi connectivity index (χ0v) is 14.2. The van der Waals surface area contributed by atoms with Crippen molar-refractivity contribution in [2.45, 2.75) is 39.8 Å². The molecule has 0 radical (unpaired) electrons. The topological polar surface area (TPSA) is 64.7 Å². The van der Waals surface area contributed by atoms with Crippen LogP contribution in [0.1, 0.15) is 36.3 Å². The first kappa shape index (κ1) is 16.2. The van der Waals surface area contributed by atoms with Crippen molar-refractivity contribution in [2.75, 3.05) is 6.54 Å². The number of pyridine rings is 1. The average Bonchev–Trinajstić information content (AvgIpc) is 3.21. The van der Waals surface area contributed by atoms with Gasteiger partial charge in [0, 0.05) is 43.6 Å². The standard InChI is InChI=1S/C18H23N5O/c1-3-12-22-13-14(15-6-5-9-19-17(15)22)7-10-20-18(24)16-8-11-21-23(16)4-2/h5-6,8-9,11,13H,3-4,7,10,12H2,1-2H3,(H,20,24). The van der Waals surface area contributed by atoms with Crippen LogP contribution in [0.15, 0.2) is 36.8 Å². The lowest BCUT2D eigenvalue weighted by atomic mass is 10.1. The van der Waals surface area contributed by atoms with Gasteiger partial charge in [0.1, 0.15) is 11.3 Å². The number of nitrogens with zero attached hydrogens (tertiary/aromatic N) is 4. The fourth-order valence-corrected chi connectivity index (χ4v) is 2.98. The van der Waals surface area contributed by atoms with Gasteiger partial charge in [0.05, 0.1) is 0 Å². The molecule has 0 atom stereocenters. The fourth-order valence-electron chi connectivity index (χ4n) is 2.98. The van der Waals surface area contributed by atoms with Crippen molar-refractivity contribution in [2.24, 2.45) is 0 Å². The fraction of sp³-hybridized carbons (Fsp3) is 0.389. The van der Waals surface area contributed by atoms with Crippen LogP contribution in [0.5, 0.6) is 0 Å². The Labute approximate surface area is 141 Å². The average molecular weight is 325 g/mol. The molecular weight excluding hydrogens is 302 g/mol. The first-order chi connectivity index (χ1) is 11.7. The molecule has 0 aliphatic rings. The molecule has 0 spiro atoms. The normalized spacial score (nSPS) is 11.1. The molecule has 0 unspecified atom stereocenters. The molecule has 1 amide bonds. The molecule has 0 bridgehead atoms. The Morgan fingerprint density at radius 2 is 2.12 bits per heavy atom. The summed E-state index contributed by atoms with van der Waals surface area (Å²) >= 11 is 0. The van der Waals surface area contributed by atoms with E-state index in [0.717, 1.165) is 25.0 Å². The van der Waals surface area contributed by atoms with Crippen molar-refractivity contribution < 1.29 is 4.79 Å². The van der Waals surface area contributed by atoms with E-state index in [1.807, 2.05) is 19.2 Å². The zero-order chi connectivity index (χ0) is 16.9. The summed E-state index contributed by atoms with van der Waals surface area (Å²) in [7, 11) is 0. The third-order valence-corrected chi connectivity index (χ3v) is 4.11. The van der Waals surface area contributed by atoms with E-state index in [1.165, 1.54) is 10.9 Å². The maximum Gasteiger partial charge on any atom is 0.269 e. The van der Waals surface area contributed by atoms with Gasteiger partial charge < -0.3 is 9.88 Å². The molecule has 0 aliphatic carbocycles. The Bertz CT molecular complexity index is 833. The number of rotatable bonds is 7. The lowest BCUT2D eigenvalue weighted by Gasteiger charge is -2.06. The maximum absolute atomic E-state index is 12.3. The zero-order valence-electron chi connectivity index (χ0n) is 14.2. The molecule has 3 rings (SSSR count). The molecule has 0 aromatic carbocycles. The molecule has 6 heteroatoms. The van der Waals surface area contributed by atoms with Crippen molar-refractivity contribution in [1.29, 1.82) is 0 Å². The van der Waals surface area contributed by atoms with E-state index in [1.54, 1.807) is 16.9 Å². The number of aryl methyl sites for hydroxylation is 2. The highest BCUT2D eigenvalue weighted by Gasteiger charge is 2.12. The smallest absolute Gasteiger partial charge is 0.269 e. The van der Waals surface area contributed by atoms with Gasteiger partial charge in [-0.25, -0.2) is 4.98 Å². The molecule has 6 nitrogen and oxygen atoms in total. The van der Waals surface area contributed by atoms with Crippen molar-refractivity contribution in [3.05, 3.63) is 48.0 Å². The summed E-state index contributed by atoms with van der Waals surface area (Å²) in [5, 5.41) is 8.28. The van der Waals surface area contributed by atoms with Gasteiger partial charge in [-0.05, 0) is 43.5 Å². The van der Waals surface area contributed by atoms with Crippen LogP contribution in [0.2, 0.25) is 0 Å². The lowest BCUT2D eigenvalue weighted by molar-refractivity contribution is 0.0943. The molecule has 24 heavy (non-hydrogen) atoms. The van der Waals surface area contributed by atoms with Gasteiger partial charge in [0.25, 0.3) is 5.91 Å². The van der Waals surface area contributed by atoms with Gasteiger partial charge in [0.2, 0.25) is 0 Å². The number of fused-ring (bicyclic) bond motifs is 1. The highest BCUT2D eigenvalue weighted by atomic mass is 16.2. The van der Waals surface area contributed by atoms with Crippen molar-refractivity contribution in [3.63, 3.8) is 0 Å². The van der Waals surface area contributed by atoms with Crippen LogP contribution in [0, 0.1) is 0 Å². The third-order valence-electron chi connectivity index (χ3n) is 4.11.